The SMILES string of the molecule is CC(=O)N(C)CC1CCN(c2ccncn2)CC1. The average molecular weight is 248 g/mol. The molecule has 0 saturated carbocycles. The lowest BCUT2D eigenvalue weighted by Gasteiger charge is -2.34. The van der Waals surface area contributed by atoms with E-state index in [1.54, 1.807) is 19.4 Å². The number of nitrogens with zero attached hydrogens (tertiary/aromatic N) is 4. The van der Waals surface area contributed by atoms with Crippen molar-refractivity contribution in [3.63, 3.8) is 0 Å². The van der Waals surface area contributed by atoms with E-state index in [9.17, 15) is 4.79 Å². The molecule has 0 bridgehead atoms. The molecule has 1 aromatic heterocycles. The van der Waals surface area contributed by atoms with Crippen molar-refractivity contribution < 1.29 is 4.79 Å². The van der Waals surface area contributed by atoms with Crippen LogP contribution in [0.4, 0.5) is 5.82 Å². The molecule has 5 nitrogen and oxygen atoms in total. The highest BCUT2D eigenvalue weighted by Gasteiger charge is 2.21. The molecular formula is C13H20N4O. The molecule has 2 heterocycles. The van der Waals surface area contributed by atoms with E-state index < -0.39 is 0 Å². The van der Waals surface area contributed by atoms with Crippen molar-refractivity contribution in [3.05, 3.63) is 18.6 Å². The zero-order valence-electron chi connectivity index (χ0n) is 11.0. The Labute approximate surface area is 108 Å². The Morgan fingerprint density at radius 2 is 2.22 bits per heavy atom. The van der Waals surface area contributed by atoms with Gasteiger partial charge in [0.25, 0.3) is 0 Å². The first-order chi connectivity index (χ1) is 8.66. The minimum absolute atomic E-state index is 0.147. The van der Waals surface area contributed by atoms with Crippen molar-refractivity contribution in [2.75, 3.05) is 31.6 Å². The quantitative estimate of drug-likeness (QED) is 0.805. The Balaban J connectivity index is 1.83. The summed E-state index contributed by atoms with van der Waals surface area (Å²) in [6.45, 7) is 4.50. The molecule has 18 heavy (non-hydrogen) atoms. The molecule has 0 aliphatic carbocycles. The highest BCUT2D eigenvalue weighted by molar-refractivity contribution is 5.72. The van der Waals surface area contributed by atoms with Crippen molar-refractivity contribution >= 4 is 11.7 Å². The normalized spacial score (nSPS) is 16.7. The monoisotopic (exact) mass is 248 g/mol. The van der Waals surface area contributed by atoms with Crippen LogP contribution in [0.5, 0.6) is 0 Å². The van der Waals surface area contributed by atoms with Crippen LogP contribution in [0.1, 0.15) is 19.8 Å². The van der Waals surface area contributed by atoms with Crippen LogP contribution in [0.3, 0.4) is 0 Å². The lowest BCUT2D eigenvalue weighted by Crippen LogP contribution is -2.39. The van der Waals surface area contributed by atoms with Gasteiger partial charge in [-0.05, 0) is 24.8 Å². The molecule has 1 saturated heterocycles. The minimum Gasteiger partial charge on any atom is -0.357 e. The minimum atomic E-state index is 0.147. The first-order valence-corrected chi connectivity index (χ1v) is 6.39. The van der Waals surface area contributed by atoms with E-state index in [-0.39, 0.29) is 5.91 Å². The summed E-state index contributed by atoms with van der Waals surface area (Å²) < 4.78 is 0. The lowest BCUT2D eigenvalue weighted by atomic mass is 9.96. The maximum atomic E-state index is 11.2. The maximum Gasteiger partial charge on any atom is 0.219 e. The molecule has 1 aromatic rings. The van der Waals surface area contributed by atoms with Gasteiger partial charge < -0.3 is 9.80 Å². The molecule has 0 spiro atoms. The first-order valence-electron chi connectivity index (χ1n) is 6.39. The van der Waals surface area contributed by atoms with E-state index in [1.165, 1.54) is 0 Å². The van der Waals surface area contributed by atoms with Gasteiger partial charge in [-0.25, -0.2) is 9.97 Å². The van der Waals surface area contributed by atoms with Gasteiger partial charge in [0.05, 0.1) is 0 Å². The number of rotatable bonds is 3. The predicted molar refractivity (Wildman–Crippen MR) is 70.3 cm³/mol. The van der Waals surface area contributed by atoms with E-state index in [2.05, 4.69) is 14.9 Å². The zero-order chi connectivity index (χ0) is 13.0. The maximum absolute atomic E-state index is 11.2. The number of carbonyl (C=O) groups is 1. The van der Waals surface area contributed by atoms with E-state index in [1.807, 2.05) is 18.0 Å². The number of hydrogen-bond donors (Lipinski definition) is 0. The van der Waals surface area contributed by atoms with E-state index in [0.29, 0.717) is 5.92 Å². The molecule has 5 heteroatoms. The standard InChI is InChI=1S/C13H20N4O/c1-11(18)16(2)9-12-4-7-17(8-5-12)13-3-6-14-10-15-13/h3,6,10,12H,4-5,7-9H2,1-2H3. The Hall–Kier alpha value is -1.65. The molecule has 1 aliphatic rings. The van der Waals surface area contributed by atoms with Gasteiger partial charge in [-0.1, -0.05) is 0 Å². The molecule has 98 valence electrons. The summed E-state index contributed by atoms with van der Waals surface area (Å²) >= 11 is 0. The second kappa shape index (κ2) is 5.80. The van der Waals surface area contributed by atoms with Gasteiger partial charge in [0, 0.05) is 39.8 Å². The van der Waals surface area contributed by atoms with E-state index in [0.717, 1.165) is 38.3 Å². The molecule has 0 aromatic carbocycles. The third-order valence-corrected chi connectivity index (χ3v) is 3.57. The third-order valence-electron chi connectivity index (χ3n) is 3.57. The van der Waals surface area contributed by atoms with Crippen LogP contribution in [0.2, 0.25) is 0 Å². The zero-order valence-corrected chi connectivity index (χ0v) is 11.0. The smallest absolute Gasteiger partial charge is 0.219 e. The number of hydrogen-bond acceptors (Lipinski definition) is 4. The van der Waals surface area contributed by atoms with Crippen LogP contribution >= 0.6 is 0 Å². The van der Waals surface area contributed by atoms with Crippen molar-refractivity contribution in [2.24, 2.45) is 5.92 Å². The Morgan fingerprint density at radius 3 is 2.78 bits per heavy atom. The average Bonchev–Trinajstić information content (AvgIpc) is 2.40. The van der Waals surface area contributed by atoms with Crippen LogP contribution in [-0.4, -0.2) is 47.5 Å². The molecule has 0 atom stereocenters. The van der Waals surface area contributed by atoms with E-state index >= 15 is 0 Å². The molecular weight excluding hydrogens is 228 g/mol. The highest BCUT2D eigenvalue weighted by Crippen LogP contribution is 2.21. The summed E-state index contributed by atoms with van der Waals surface area (Å²) in [6, 6.07) is 1.95. The van der Waals surface area contributed by atoms with Crippen molar-refractivity contribution in [1.82, 2.24) is 14.9 Å². The number of anilines is 1. The van der Waals surface area contributed by atoms with Gasteiger partial charge in [0.2, 0.25) is 5.91 Å². The molecule has 0 unspecified atom stereocenters. The van der Waals surface area contributed by atoms with Crippen LogP contribution in [0.15, 0.2) is 18.6 Å². The molecule has 2 rings (SSSR count). The summed E-state index contributed by atoms with van der Waals surface area (Å²) in [5.74, 6) is 1.76. The first kappa shape index (κ1) is 12.8. The fourth-order valence-corrected chi connectivity index (χ4v) is 2.33. The summed E-state index contributed by atoms with van der Waals surface area (Å²) in [7, 11) is 1.87. The third kappa shape index (κ3) is 3.18. The lowest BCUT2D eigenvalue weighted by molar-refractivity contribution is -0.128. The predicted octanol–water partition coefficient (Wildman–Crippen LogP) is 1.17. The second-order valence-electron chi connectivity index (χ2n) is 4.90. The topological polar surface area (TPSA) is 49.3 Å². The van der Waals surface area contributed by atoms with Gasteiger partial charge >= 0.3 is 0 Å². The summed E-state index contributed by atoms with van der Waals surface area (Å²) in [6.07, 6.45) is 5.59. The number of carbonyl (C=O) groups excluding carboxylic acids is 1. The van der Waals surface area contributed by atoms with Gasteiger partial charge in [-0.3, -0.25) is 4.79 Å². The van der Waals surface area contributed by atoms with Gasteiger partial charge in [0.1, 0.15) is 12.1 Å². The van der Waals surface area contributed by atoms with Crippen LogP contribution < -0.4 is 4.90 Å². The van der Waals surface area contributed by atoms with Crippen molar-refractivity contribution in [1.29, 1.82) is 0 Å². The Bertz CT molecular complexity index is 387. The van der Waals surface area contributed by atoms with E-state index in [4.69, 9.17) is 0 Å². The fraction of sp³-hybridized carbons (Fsp3) is 0.615. The summed E-state index contributed by atoms with van der Waals surface area (Å²) in [5, 5.41) is 0. The number of aromatic nitrogens is 2. The van der Waals surface area contributed by atoms with Crippen LogP contribution in [0, 0.1) is 5.92 Å². The molecule has 1 aliphatic heterocycles. The second-order valence-corrected chi connectivity index (χ2v) is 4.90. The fourth-order valence-electron chi connectivity index (χ4n) is 2.33. The highest BCUT2D eigenvalue weighted by atomic mass is 16.2. The largest absolute Gasteiger partial charge is 0.357 e. The van der Waals surface area contributed by atoms with Gasteiger partial charge in [-0.2, -0.15) is 0 Å². The Kier molecular flexibility index (Phi) is 4.12. The number of piperidine rings is 1. The van der Waals surface area contributed by atoms with Crippen molar-refractivity contribution in [3.8, 4) is 0 Å². The summed E-state index contributed by atoms with van der Waals surface area (Å²) in [4.78, 5) is 23.5. The molecule has 0 radical (unpaired) electrons. The summed E-state index contributed by atoms with van der Waals surface area (Å²) in [5.41, 5.74) is 0. The van der Waals surface area contributed by atoms with Gasteiger partial charge in [-0.15, -0.1) is 0 Å². The van der Waals surface area contributed by atoms with Crippen LogP contribution in [-0.2, 0) is 4.79 Å². The molecule has 0 N–H and O–H groups in total. The van der Waals surface area contributed by atoms with Crippen LogP contribution in [0.25, 0.3) is 0 Å². The van der Waals surface area contributed by atoms with Gasteiger partial charge in [0.15, 0.2) is 0 Å². The Morgan fingerprint density at radius 1 is 1.50 bits per heavy atom. The molecule has 1 fully saturated rings. The van der Waals surface area contributed by atoms with Crippen molar-refractivity contribution in [2.45, 2.75) is 19.8 Å². The molecule has 1 amide bonds. The number of amides is 1.